The molecule has 0 aliphatic rings. The standard InChI is InChI=1S/Fe.2NO3.H3N/c;2*2-1(3)4;/h;;;1H3/q;2*-1;/p+1. The molecule has 10 heavy (non-hydrogen) atoms. The number of hydrogen-bond donors (Lipinski definition) is 1. The molecule has 0 unspecified atom stereocenters. The normalized spacial score (nSPS) is 4.80. The predicted molar refractivity (Wildman–Crippen MR) is 26.7 cm³/mol. The Hall–Kier alpha value is -1.12. The minimum Gasteiger partial charge on any atom is -0.369 e. The second-order valence-electron chi connectivity index (χ2n) is 0.447. The van der Waals surface area contributed by atoms with Gasteiger partial charge in [-0.3, -0.25) is 0 Å². The van der Waals surface area contributed by atoms with E-state index in [2.05, 4.69) is 0 Å². The van der Waals surface area contributed by atoms with Crippen LogP contribution in [0.4, 0.5) is 0 Å². The van der Waals surface area contributed by atoms with E-state index in [-0.39, 0.29) is 23.2 Å². The van der Waals surface area contributed by atoms with E-state index in [0.29, 0.717) is 0 Å². The zero-order valence-electron chi connectivity index (χ0n) is 4.70. The van der Waals surface area contributed by atoms with Crippen LogP contribution in [0.5, 0.6) is 0 Å². The molecule has 0 atom stereocenters. The summed E-state index contributed by atoms with van der Waals surface area (Å²) in [7, 11) is 0. The molecule has 64 valence electrons. The van der Waals surface area contributed by atoms with E-state index < -0.39 is 10.2 Å². The van der Waals surface area contributed by atoms with Crippen LogP contribution in [0.15, 0.2) is 0 Å². The number of rotatable bonds is 0. The monoisotopic (exact) mass is 198 g/mol. The second kappa shape index (κ2) is 15.7. The summed E-state index contributed by atoms with van der Waals surface area (Å²) in [4.78, 5) is 16.5. The van der Waals surface area contributed by atoms with E-state index in [1.165, 1.54) is 0 Å². The first kappa shape index (κ1) is 23.2. The largest absolute Gasteiger partial charge is 0.369 e. The Morgan fingerprint density at radius 1 is 0.800 bits per heavy atom. The molecule has 0 saturated carbocycles. The first-order chi connectivity index (χ1) is 3.46. The van der Waals surface area contributed by atoms with Gasteiger partial charge in [0, 0.05) is 17.1 Å². The van der Waals surface area contributed by atoms with Gasteiger partial charge in [-0.1, -0.05) is 0 Å². The first-order valence-corrected chi connectivity index (χ1v) is 1.10. The molecule has 0 aromatic heterocycles. The Bertz CT molecular complexity index is 71.0. The van der Waals surface area contributed by atoms with Gasteiger partial charge in [-0.25, -0.2) is 0 Å². The van der Waals surface area contributed by atoms with Crippen molar-refractivity contribution in [3.63, 3.8) is 0 Å². The first-order valence-electron chi connectivity index (χ1n) is 1.10. The zero-order valence-corrected chi connectivity index (χ0v) is 5.80. The maximum atomic E-state index is 8.25. The predicted octanol–water partition coefficient (Wildman–Crippen LogP) is -0.105. The fourth-order valence-electron chi connectivity index (χ4n) is 0. The summed E-state index contributed by atoms with van der Waals surface area (Å²) in [5.74, 6) is 0. The molecule has 0 fully saturated rings. The van der Waals surface area contributed by atoms with Crippen LogP contribution >= 0.6 is 0 Å². The fraction of sp³-hybridized carbons (Fsp3) is 0. The van der Waals surface area contributed by atoms with Crippen molar-refractivity contribution in [3.05, 3.63) is 30.6 Å². The number of quaternary nitrogens is 1. The van der Waals surface area contributed by atoms with Crippen LogP contribution in [0.2, 0.25) is 0 Å². The summed E-state index contributed by atoms with van der Waals surface area (Å²) in [5.41, 5.74) is 0. The van der Waals surface area contributed by atoms with Crippen molar-refractivity contribution >= 4 is 0 Å². The van der Waals surface area contributed by atoms with Crippen molar-refractivity contribution in [1.82, 2.24) is 6.15 Å². The zero-order chi connectivity index (χ0) is 7.15. The molecule has 0 rings (SSSR count). The topological polar surface area (TPSA) is 169 Å². The molecule has 0 aromatic rings. The summed E-state index contributed by atoms with van der Waals surface area (Å²) in [6.45, 7) is 0. The molecule has 4 N–H and O–H groups in total. The molecule has 0 spiro atoms. The van der Waals surface area contributed by atoms with Crippen molar-refractivity contribution in [2.24, 2.45) is 0 Å². The van der Waals surface area contributed by atoms with Crippen LogP contribution in [0.3, 0.4) is 0 Å². The maximum Gasteiger partial charge on any atom is 0.0689 e. The Morgan fingerprint density at radius 2 is 0.800 bits per heavy atom. The van der Waals surface area contributed by atoms with E-state index in [9.17, 15) is 0 Å². The van der Waals surface area contributed by atoms with E-state index in [4.69, 9.17) is 30.6 Å². The molecule has 0 aliphatic carbocycles. The second-order valence-corrected chi connectivity index (χ2v) is 0.447. The minimum absolute atomic E-state index is 0. The third-order valence-corrected chi connectivity index (χ3v) is 0. The van der Waals surface area contributed by atoms with E-state index in [0.717, 1.165) is 0 Å². The van der Waals surface area contributed by atoms with Crippen molar-refractivity contribution < 1.29 is 27.2 Å². The minimum atomic E-state index is -1.75. The summed E-state index contributed by atoms with van der Waals surface area (Å²) in [6, 6.07) is 0. The Balaban J connectivity index is -0.0000000300. The van der Waals surface area contributed by atoms with Crippen LogP contribution < -0.4 is 6.15 Å². The number of hydrogen-bond acceptors (Lipinski definition) is 6. The van der Waals surface area contributed by atoms with Gasteiger partial charge in [0.05, 0.1) is 10.2 Å². The smallest absolute Gasteiger partial charge is 0.0689 e. The van der Waals surface area contributed by atoms with Gasteiger partial charge in [0.15, 0.2) is 0 Å². The Kier molecular flexibility index (Phi) is 36.3. The van der Waals surface area contributed by atoms with Crippen LogP contribution in [0, 0.1) is 30.6 Å². The van der Waals surface area contributed by atoms with Crippen molar-refractivity contribution in [2.45, 2.75) is 0 Å². The summed E-state index contributed by atoms with van der Waals surface area (Å²) < 4.78 is 0. The Morgan fingerprint density at radius 3 is 0.800 bits per heavy atom. The molecule has 9 nitrogen and oxygen atoms in total. The average Bonchev–Trinajstić information content (AvgIpc) is 1.25. The van der Waals surface area contributed by atoms with Crippen molar-refractivity contribution in [2.75, 3.05) is 0 Å². The molecular formula is H4FeN3O6-. The van der Waals surface area contributed by atoms with Gasteiger partial charge in [-0.15, -0.1) is 0 Å². The van der Waals surface area contributed by atoms with Crippen LogP contribution in [0.1, 0.15) is 0 Å². The van der Waals surface area contributed by atoms with Gasteiger partial charge < -0.3 is 36.8 Å². The van der Waals surface area contributed by atoms with Crippen LogP contribution in [0.25, 0.3) is 0 Å². The van der Waals surface area contributed by atoms with E-state index in [1.807, 2.05) is 0 Å². The fourth-order valence-corrected chi connectivity index (χ4v) is 0. The van der Waals surface area contributed by atoms with Crippen LogP contribution in [-0.2, 0) is 17.1 Å². The quantitative estimate of drug-likeness (QED) is 0.323. The molecule has 0 radical (unpaired) electrons. The van der Waals surface area contributed by atoms with E-state index in [1.54, 1.807) is 0 Å². The van der Waals surface area contributed by atoms with Crippen LogP contribution in [-0.4, -0.2) is 10.2 Å². The van der Waals surface area contributed by atoms with Gasteiger partial charge in [0.25, 0.3) is 0 Å². The third kappa shape index (κ3) is 189. The maximum absolute atomic E-state index is 8.25. The molecular weight excluding hydrogens is 194 g/mol. The molecule has 0 saturated heterocycles. The van der Waals surface area contributed by atoms with Gasteiger partial charge in [0.1, 0.15) is 0 Å². The summed E-state index contributed by atoms with van der Waals surface area (Å²) >= 11 is 0. The van der Waals surface area contributed by atoms with Crippen molar-refractivity contribution in [3.8, 4) is 0 Å². The van der Waals surface area contributed by atoms with E-state index >= 15 is 0 Å². The summed E-state index contributed by atoms with van der Waals surface area (Å²) in [6.07, 6.45) is 0. The van der Waals surface area contributed by atoms with Gasteiger partial charge in [-0.05, 0) is 0 Å². The van der Waals surface area contributed by atoms with Gasteiger partial charge in [0.2, 0.25) is 0 Å². The Labute approximate surface area is 64.9 Å². The molecule has 0 amide bonds. The average molecular weight is 198 g/mol. The molecule has 0 aliphatic heterocycles. The third-order valence-electron chi connectivity index (χ3n) is 0. The molecule has 0 aromatic carbocycles. The van der Waals surface area contributed by atoms with Gasteiger partial charge >= 0.3 is 0 Å². The SMILES string of the molecule is O=[N+]([O-])[O-].O=[N+]([O-])[O-].[Fe].[NH4+]. The molecule has 0 heterocycles. The number of nitrogens with zero attached hydrogens (tertiary/aromatic N) is 2. The molecule has 10 heteroatoms. The summed E-state index contributed by atoms with van der Waals surface area (Å²) in [5, 5.41) is 29.5. The molecule has 0 bridgehead atoms. The van der Waals surface area contributed by atoms with Crippen molar-refractivity contribution in [1.29, 1.82) is 0 Å². The van der Waals surface area contributed by atoms with Gasteiger partial charge in [-0.2, -0.15) is 0 Å².